The van der Waals surface area contributed by atoms with E-state index in [9.17, 15) is 4.79 Å². The number of rotatable bonds is 5. The molecule has 1 fully saturated rings. The maximum atomic E-state index is 12.4. The Balaban J connectivity index is 2.01. The fourth-order valence-electron chi connectivity index (χ4n) is 2.51. The molecule has 110 valence electrons. The van der Waals surface area contributed by atoms with Crippen LogP contribution >= 0.6 is 0 Å². The van der Waals surface area contributed by atoms with Crippen LogP contribution in [0.25, 0.3) is 0 Å². The SMILES string of the molecule is CNC(C)CNC(=O)C1CCCOC1c1ccccc1. The summed E-state index contributed by atoms with van der Waals surface area (Å²) in [5, 5.41) is 6.14. The largest absolute Gasteiger partial charge is 0.373 e. The van der Waals surface area contributed by atoms with E-state index in [1.165, 1.54) is 0 Å². The molecule has 1 heterocycles. The van der Waals surface area contributed by atoms with Crippen molar-refractivity contribution >= 4 is 5.91 Å². The van der Waals surface area contributed by atoms with Gasteiger partial charge in [0.2, 0.25) is 5.91 Å². The zero-order chi connectivity index (χ0) is 14.4. The molecule has 1 aliphatic rings. The molecule has 0 aliphatic carbocycles. The summed E-state index contributed by atoms with van der Waals surface area (Å²) in [7, 11) is 1.90. The summed E-state index contributed by atoms with van der Waals surface area (Å²) in [6.45, 7) is 3.43. The fraction of sp³-hybridized carbons (Fsp3) is 0.562. The van der Waals surface area contributed by atoms with Gasteiger partial charge in [-0.2, -0.15) is 0 Å². The number of likely N-dealkylation sites (N-methyl/N-ethyl adjacent to an activating group) is 1. The van der Waals surface area contributed by atoms with E-state index in [0.29, 0.717) is 6.54 Å². The van der Waals surface area contributed by atoms with Crippen LogP contribution in [-0.2, 0) is 9.53 Å². The predicted molar refractivity (Wildman–Crippen MR) is 79.4 cm³/mol. The third kappa shape index (κ3) is 3.81. The van der Waals surface area contributed by atoms with Crippen LogP contribution in [0.1, 0.15) is 31.4 Å². The van der Waals surface area contributed by atoms with Crippen molar-refractivity contribution in [3.05, 3.63) is 35.9 Å². The van der Waals surface area contributed by atoms with E-state index in [0.717, 1.165) is 25.0 Å². The van der Waals surface area contributed by atoms with Crippen LogP contribution in [0.3, 0.4) is 0 Å². The maximum absolute atomic E-state index is 12.4. The molecule has 4 heteroatoms. The number of carbonyl (C=O) groups is 1. The van der Waals surface area contributed by atoms with Crippen LogP contribution in [0.5, 0.6) is 0 Å². The van der Waals surface area contributed by atoms with Crippen LogP contribution in [0.2, 0.25) is 0 Å². The molecular weight excluding hydrogens is 252 g/mol. The van der Waals surface area contributed by atoms with Gasteiger partial charge >= 0.3 is 0 Å². The number of amides is 1. The molecule has 1 aromatic carbocycles. The molecule has 1 saturated heterocycles. The van der Waals surface area contributed by atoms with Crippen molar-refractivity contribution in [2.24, 2.45) is 5.92 Å². The average Bonchev–Trinajstić information content (AvgIpc) is 2.53. The lowest BCUT2D eigenvalue weighted by molar-refractivity contribution is -0.134. The van der Waals surface area contributed by atoms with Crippen molar-refractivity contribution in [3.63, 3.8) is 0 Å². The summed E-state index contributed by atoms with van der Waals surface area (Å²) in [6, 6.07) is 10.3. The summed E-state index contributed by atoms with van der Waals surface area (Å²) in [4.78, 5) is 12.4. The van der Waals surface area contributed by atoms with E-state index in [4.69, 9.17) is 4.74 Å². The van der Waals surface area contributed by atoms with Gasteiger partial charge in [-0.05, 0) is 32.4 Å². The minimum Gasteiger partial charge on any atom is -0.373 e. The first-order valence-corrected chi connectivity index (χ1v) is 7.34. The van der Waals surface area contributed by atoms with Gasteiger partial charge in [-0.25, -0.2) is 0 Å². The number of benzene rings is 1. The Kier molecular flexibility index (Phi) is 5.56. The van der Waals surface area contributed by atoms with Crippen LogP contribution in [0.15, 0.2) is 30.3 Å². The minimum atomic E-state index is -0.116. The van der Waals surface area contributed by atoms with Crippen molar-refractivity contribution in [2.45, 2.75) is 31.9 Å². The van der Waals surface area contributed by atoms with Crippen LogP contribution in [0.4, 0.5) is 0 Å². The monoisotopic (exact) mass is 276 g/mol. The van der Waals surface area contributed by atoms with E-state index in [1.807, 2.05) is 44.3 Å². The maximum Gasteiger partial charge on any atom is 0.226 e. The molecule has 0 radical (unpaired) electrons. The number of hydrogen-bond donors (Lipinski definition) is 2. The second-order valence-corrected chi connectivity index (χ2v) is 5.39. The Morgan fingerprint density at radius 3 is 2.85 bits per heavy atom. The molecule has 2 N–H and O–H groups in total. The van der Waals surface area contributed by atoms with E-state index in [1.54, 1.807) is 0 Å². The first kappa shape index (κ1) is 15.0. The number of hydrogen-bond acceptors (Lipinski definition) is 3. The van der Waals surface area contributed by atoms with E-state index >= 15 is 0 Å². The van der Waals surface area contributed by atoms with Crippen molar-refractivity contribution in [2.75, 3.05) is 20.2 Å². The molecule has 0 spiro atoms. The second-order valence-electron chi connectivity index (χ2n) is 5.39. The summed E-state index contributed by atoms with van der Waals surface area (Å²) in [5.74, 6) is 0.0101. The molecule has 0 bridgehead atoms. The third-order valence-corrected chi connectivity index (χ3v) is 3.86. The van der Waals surface area contributed by atoms with Crippen molar-refractivity contribution < 1.29 is 9.53 Å². The minimum absolute atomic E-state index is 0.0878. The van der Waals surface area contributed by atoms with E-state index < -0.39 is 0 Å². The van der Waals surface area contributed by atoms with Gasteiger partial charge in [-0.15, -0.1) is 0 Å². The Morgan fingerprint density at radius 1 is 1.40 bits per heavy atom. The van der Waals surface area contributed by atoms with Gasteiger partial charge in [0.05, 0.1) is 12.0 Å². The molecule has 0 saturated carbocycles. The average molecular weight is 276 g/mol. The molecule has 3 unspecified atom stereocenters. The zero-order valence-electron chi connectivity index (χ0n) is 12.3. The van der Waals surface area contributed by atoms with Gasteiger partial charge < -0.3 is 15.4 Å². The molecule has 1 aromatic rings. The number of carbonyl (C=O) groups excluding carboxylic acids is 1. The fourth-order valence-corrected chi connectivity index (χ4v) is 2.51. The van der Waals surface area contributed by atoms with E-state index in [2.05, 4.69) is 10.6 Å². The Morgan fingerprint density at radius 2 is 2.15 bits per heavy atom. The molecule has 20 heavy (non-hydrogen) atoms. The highest BCUT2D eigenvalue weighted by Gasteiger charge is 2.32. The van der Waals surface area contributed by atoms with Gasteiger partial charge in [-0.1, -0.05) is 30.3 Å². The standard InChI is InChI=1S/C16H24N2O2/c1-12(17-2)11-18-16(19)14-9-6-10-20-15(14)13-7-4-3-5-8-13/h3-5,7-8,12,14-15,17H,6,9-11H2,1-2H3,(H,18,19). The molecule has 1 aliphatic heterocycles. The molecule has 4 nitrogen and oxygen atoms in total. The molecular formula is C16H24N2O2. The third-order valence-electron chi connectivity index (χ3n) is 3.86. The highest BCUT2D eigenvalue weighted by molar-refractivity contribution is 5.79. The summed E-state index contributed by atoms with van der Waals surface area (Å²) < 4.78 is 5.85. The van der Waals surface area contributed by atoms with Gasteiger partial charge in [-0.3, -0.25) is 4.79 Å². The quantitative estimate of drug-likeness (QED) is 0.863. The smallest absolute Gasteiger partial charge is 0.226 e. The van der Waals surface area contributed by atoms with Gasteiger partial charge in [0, 0.05) is 19.2 Å². The highest BCUT2D eigenvalue weighted by Crippen LogP contribution is 2.33. The summed E-state index contributed by atoms with van der Waals surface area (Å²) in [6.07, 6.45) is 1.72. The normalized spacial score (nSPS) is 24.1. The highest BCUT2D eigenvalue weighted by atomic mass is 16.5. The Bertz CT molecular complexity index is 422. The van der Waals surface area contributed by atoms with Gasteiger partial charge in [0.15, 0.2) is 0 Å². The first-order chi connectivity index (χ1) is 9.72. The van der Waals surface area contributed by atoms with Crippen molar-refractivity contribution in [1.29, 1.82) is 0 Å². The lowest BCUT2D eigenvalue weighted by atomic mass is 9.88. The van der Waals surface area contributed by atoms with Crippen LogP contribution in [0, 0.1) is 5.92 Å². The lowest BCUT2D eigenvalue weighted by Gasteiger charge is -2.31. The molecule has 3 atom stereocenters. The van der Waals surface area contributed by atoms with Gasteiger partial charge in [0.1, 0.15) is 0 Å². The second kappa shape index (κ2) is 7.41. The predicted octanol–water partition coefficient (Wildman–Crippen LogP) is 1.88. The summed E-state index contributed by atoms with van der Waals surface area (Å²) in [5.41, 5.74) is 1.09. The molecule has 2 rings (SSSR count). The molecule has 1 amide bonds. The topological polar surface area (TPSA) is 50.4 Å². The molecule has 0 aromatic heterocycles. The Labute approximate surface area is 120 Å². The number of ether oxygens (including phenoxy) is 1. The van der Waals surface area contributed by atoms with Crippen LogP contribution < -0.4 is 10.6 Å². The van der Waals surface area contributed by atoms with Gasteiger partial charge in [0.25, 0.3) is 0 Å². The number of nitrogens with one attached hydrogen (secondary N) is 2. The first-order valence-electron chi connectivity index (χ1n) is 7.34. The van der Waals surface area contributed by atoms with E-state index in [-0.39, 0.29) is 24.0 Å². The Hall–Kier alpha value is -1.39. The van der Waals surface area contributed by atoms with Crippen LogP contribution in [-0.4, -0.2) is 32.1 Å². The zero-order valence-corrected chi connectivity index (χ0v) is 12.3. The van der Waals surface area contributed by atoms with Crippen molar-refractivity contribution in [1.82, 2.24) is 10.6 Å². The van der Waals surface area contributed by atoms with Crippen molar-refractivity contribution in [3.8, 4) is 0 Å². The summed E-state index contributed by atoms with van der Waals surface area (Å²) >= 11 is 0. The lowest BCUT2D eigenvalue weighted by Crippen LogP contribution is -2.42.